The van der Waals surface area contributed by atoms with E-state index in [-0.39, 0.29) is 5.69 Å². The minimum Gasteiger partial charge on any atom is -0.306 e. The summed E-state index contributed by atoms with van der Waals surface area (Å²) in [7, 11) is 0. The number of imidazole rings is 1. The fourth-order valence-electron chi connectivity index (χ4n) is 2.45. The van der Waals surface area contributed by atoms with E-state index in [2.05, 4.69) is 15.0 Å². The first-order valence-electron chi connectivity index (χ1n) is 6.64. The van der Waals surface area contributed by atoms with Gasteiger partial charge in [-0.15, -0.1) is 0 Å². The van der Waals surface area contributed by atoms with Gasteiger partial charge < -0.3 is 4.98 Å². The van der Waals surface area contributed by atoms with Crippen LogP contribution < -0.4 is 5.69 Å². The molecule has 0 aliphatic heterocycles. The minimum atomic E-state index is -0.199. The predicted octanol–water partition coefficient (Wildman–Crippen LogP) is 2.55. The molecule has 1 N–H and O–H groups in total. The van der Waals surface area contributed by atoms with Crippen molar-refractivity contribution in [2.45, 2.75) is 6.92 Å². The van der Waals surface area contributed by atoms with E-state index in [1.807, 2.05) is 31.2 Å². The van der Waals surface area contributed by atoms with E-state index < -0.39 is 0 Å². The molecule has 5 nitrogen and oxygen atoms in total. The Bertz CT molecular complexity index is 1010. The van der Waals surface area contributed by atoms with Crippen molar-refractivity contribution >= 4 is 16.6 Å². The average molecular weight is 276 g/mol. The maximum absolute atomic E-state index is 12.1. The summed E-state index contributed by atoms with van der Waals surface area (Å²) < 4.78 is 1.53. The summed E-state index contributed by atoms with van der Waals surface area (Å²) in [6.07, 6.45) is 5.12. The normalized spacial score (nSPS) is 11.3. The Hall–Kier alpha value is -2.95. The molecule has 0 amide bonds. The molecule has 4 rings (SSSR count). The van der Waals surface area contributed by atoms with Crippen molar-refractivity contribution in [3.05, 3.63) is 65.0 Å². The molecule has 21 heavy (non-hydrogen) atoms. The third-order valence-electron chi connectivity index (χ3n) is 3.58. The molecule has 102 valence electrons. The Balaban J connectivity index is 2.05. The molecule has 0 unspecified atom stereocenters. The predicted molar refractivity (Wildman–Crippen MR) is 81.3 cm³/mol. The molecule has 5 heteroatoms. The lowest BCUT2D eigenvalue weighted by molar-refractivity contribution is 1.03. The van der Waals surface area contributed by atoms with Gasteiger partial charge in [0.25, 0.3) is 0 Å². The Morgan fingerprint density at radius 3 is 2.76 bits per heavy atom. The van der Waals surface area contributed by atoms with E-state index in [9.17, 15) is 4.79 Å². The molecule has 3 aromatic heterocycles. The van der Waals surface area contributed by atoms with Gasteiger partial charge in [0, 0.05) is 24.2 Å². The summed E-state index contributed by atoms with van der Waals surface area (Å²) in [6.45, 7) is 2.04. The summed E-state index contributed by atoms with van der Waals surface area (Å²) in [5, 5.41) is 0.829. The highest BCUT2D eigenvalue weighted by Gasteiger charge is 2.10. The lowest BCUT2D eigenvalue weighted by Gasteiger charge is -1.98. The van der Waals surface area contributed by atoms with Crippen LogP contribution >= 0.6 is 0 Å². The van der Waals surface area contributed by atoms with Gasteiger partial charge >= 0.3 is 5.69 Å². The van der Waals surface area contributed by atoms with Crippen LogP contribution in [0.25, 0.3) is 27.8 Å². The van der Waals surface area contributed by atoms with Gasteiger partial charge in [0.1, 0.15) is 0 Å². The number of aromatic nitrogens is 4. The lowest BCUT2D eigenvalue weighted by Crippen LogP contribution is -2.15. The van der Waals surface area contributed by atoms with Crippen molar-refractivity contribution in [2.75, 3.05) is 0 Å². The number of benzene rings is 1. The topological polar surface area (TPSA) is 63.0 Å². The van der Waals surface area contributed by atoms with Crippen LogP contribution in [0.4, 0.5) is 0 Å². The van der Waals surface area contributed by atoms with Crippen LogP contribution in [0.3, 0.4) is 0 Å². The standard InChI is InChI=1S/C16H12N4O/c1-10-2-4-11(5-3-10)14-9-20-15(18-14)12-8-17-7-6-13(12)19-16(20)21/h2-9H,1H3,(H,19,21). The highest BCUT2D eigenvalue weighted by molar-refractivity contribution is 5.91. The number of nitrogens with one attached hydrogen (secondary N) is 1. The van der Waals surface area contributed by atoms with Crippen LogP contribution in [-0.2, 0) is 0 Å². The first-order chi connectivity index (χ1) is 10.2. The highest BCUT2D eigenvalue weighted by Crippen LogP contribution is 2.21. The maximum Gasteiger partial charge on any atom is 0.331 e. The third kappa shape index (κ3) is 1.82. The molecular weight excluding hydrogens is 264 g/mol. The molecule has 1 aromatic carbocycles. The fraction of sp³-hybridized carbons (Fsp3) is 0.0625. The van der Waals surface area contributed by atoms with Crippen LogP contribution in [0.15, 0.2) is 53.7 Å². The zero-order valence-electron chi connectivity index (χ0n) is 11.4. The molecular formula is C16H12N4O. The molecule has 3 heterocycles. The quantitative estimate of drug-likeness (QED) is 0.581. The second-order valence-corrected chi connectivity index (χ2v) is 5.04. The fourth-order valence-corrected chi connectivity index (χ4v) is 2.45. The van der Waals surface area contributed by atoms with Gasteiger partial charge in [0.15, 0.2) is 5.65 Å². The number of aryl methyl sites for hydroxylation is 1. The SMILES string of the molecule is Cc1ccc(-c2cn3c(=O)[nH]c4ccncc4c3n2)cc1. The Morgan fingerprint density at radius 2 is 1.95 bits per heavy atom. The molecule has 0 spiro atoms. The third-order valence-corrected chi connectivity index (χ3v) is 3.58. The van der Waals surface area contributed by atoms with Crippen molar-refractivity contribution in [2.24, 2.45) is 0 Å². The number of hydrogen-bond acceptors (Lipinski definition) is 3. The number of nitrogens with zero attached hydrogens (tertiary/aromatic N) is 3. The Kier molecular flexibility index (Phi) is 2.41. The van der Waals surface area contributed by atoms with Gasteiger partial charge in [-0.25, -0.2) is 9.78 Å². The second kappa shape index (κ2) is 4.28. The molecule has 0 saturated carbocycles. The molecule has 0 aliphatic carbocycles. The van der Waals surface area contributed by atoms with Crippen LogP contribution in [-0.4, -0.2) is 19.4 Å². The number of fused-ring (bicyclic) bond motifs is 3. The van der Waals surface area contributed by atoms with Gasteiger partial charge in [-0.1, -0.05) is 29.8 Å². The first kappa shape index (κ1) is 11.8. The molecule has 0 aliphatic rings. The molecule has 0 bridgehead atoms. The molecule has 0 atom stereocenters. The number of aromatic amines is 1. The van der Waals surface area contributed by atoms with Gasteiger partial charge in [-0.2, -0.15) is 0 Å². The van der Waals surface area contributed by atoms with E-state index in [4.69, 9.17) is 0 Å². The lowest BCUT2D eigenvalue weighted by atomic mass is 10.1. The Labute approximate surface area is 119 Å². The van der Waals surface area contributed by atoms with Crippen molar-refractivity contribution in [3.63, 3.8) is 0 Å². The first-order valence-corrected chi connectivity index (χ1v) is 6.64. The maximum atomic E-state index is 12.1. The smallest absolute Gasteiger partial charge is 0.306 e. The van der Waals surface area contributed by atoms with E-state index in [0.29, 0.717) is 5.65 Å². The van der Waals surface area contributed by atoms with E-state index >= 15 is 0 Å². The van der Waals surface area contributed by atoms with Gasteiger partial charge in [-0.05, 0) is 13.0 Å². The summed E-state index contributed by atoms with van der Waals surface area (Å²) in [6, 6.07) is 9.85. The zero-order chi connectivity index (χ0) is 14.4. The van der Waals surface area contributed by atoms with Crippen LogP contribution in [0.5, 0.6) is 0 Å². The summed E-state index contributed by atoms with van der Waals surface area (Å²) in [5.74, 6) is 0. The van der Waals surface area contributed by atoms with E-state index in [0.717, 1.165) is 22.2 Å². The summed E-state index contributed by atoms with van der Waals surface area (Å²) in [5.41, 5.74) is 4.11. The zero-order valence-corrected chi connectivity index (χ0v) is 11.4. The van der Waals surface area contributed by atoms with Gasteiger partial charge in [0.2, 0.25) is 0 Å². The van der Waals surface area contributed by atoms with E-state index in [1.165, 1.54) is 9.96 Å². The molecule has 0 radical (unpaired) electrons. The Morgan fingerprint density at radius 1 is 1.14 bits per heavy atom. The van der Waals surface area contributed by atoms with Crippen molar-refractivity contribution < 1.29 is 0 Å². The monoisotopic (exact) mass is 276 g/mol. The largest absolute Gasteiger partial charge is 0.331 e. The number of rotatable bonds is 1. The second-order valence-electron chi connectivity index (χ2n) is 5.04. The number of hydrogen-bond donors (Lipinski definition) is 1. The molecule has 4 aromatic rings. The number of H-pyrrole nitrogens is 1. The average Bonchev–Trinajstić information content (AvgIpc) is 2.94. The highest BCUT2D eigenvalue weighted by atomic mass is 16.1. The molecule has 0 fully saturated rings. The van der Waals surface area contributed by atoms with Gasteiger partial charge in [-0.3, -0.25) is 9.38 Å². The van der Waals surface area contributed by atoms with Crippen LogP contribution in [0.1, 0.15) is 5.56 Å². The van der Waals surface area contributed by atoms with Gasteiger partial charge in [0.05, 0.1) is 16.6 Å². The van der Waals surface area contributed by atoms with E-state index in [1.54, 1.807) is 24.7 Å². The van der Waals surface area contributed by atoms with Crippen molar-refractivity contribution in [1.29, 1.82) is 0 Å². The summed E-state index contributed by atoms with van der Waals surface area (Å²) in [4.78, 5) is 23.7. The number of pyridine rings is 1. The minimum absolute atomic E-state index is 0.199. The summed E-state index contributed by atoms with van der Waals surface area (Å²) >= 11 is 0. The molecule has 0 saturated heterocycles. The van der Waals surface area contributed by atoms with Crippen LogP contribution in [0, 0.1) is 6.92 Å². The van der Waals surface area contributed by atoms with Crippen molar-refractivity contribution in [1.82, 2.24) is 19.4 Å². The van der Waals surface area contributed by atoms with Crippen molar-refractivity contribution in [3.8, 4) is 11.3 Å². The van der Waals surface area contributed by atoms with Crippen LogP contribution in [0.2, 0.25) is 0 Å².